The smallest absolute Gasteiger partial charge is 0.131 e. The number of fused-ring (bicyclic) bond motifs is 9. The SMILES string of the molecule is C1=Cc2c(sc3cc(-c4ccc5c(c4)sc4cccc(C6NC(c7ccccc7)=NC(c7ccccc7)N6)c45)ccc23)C(n2c3ccccc3c3ccccc32)C1. The summed E-state index contributed by atoms with van der Waals surface area (Å²) in [6.07, 6.45) is 5.41. The Kier molecular flexibility index (Phi) is 7.58. The summed E-state index contributed by atoms with van der Waals surface area (Å²) in [6.45, 7) is 0. The monoisotopic (exact) mass is 768 g/mol. The summed E-state index contributed by atoms with van der Waals surface area (Å²) in [5.41, 5.74) is 9.93. The highest BCUT2D eigenvalue weighted by Gasteiger charge is 2.29. The second kappa shape index (κ2) is 13.1. The summed E-state index contributed by atoms with van der Waals surface area (Å²) in [5.74, 6) is 0.898. The van der Waals surface area contributed by atoms with Crippen molar-refractivity contribution in [2.45, 2.75) is 24.8 Å². The third kappa shape index (κ3) is 5.32. The maximum atomic E-state index is 5.15. The lowest BCUT2D eigenvalue weighted by molar-refractivity contribution is 0.411. The van der Waals surface area contributed by atoms with Crippen LogP contribution in [-0.2, 0) is 0 Å². The van der Waals surface area contributed by atoms with Crippen molar-refractivity contribution in [1.82, 2.24) is 15.2 Å². The maximum Gasteiger partial charge on any atom is 0.131 e. The van der Waals surface area contributed by atoms with Crippen LogP contribution >= 0.6 is 22.7 Å². The standard InChI is InChI=1S/C51H36N4S2/c1-3-13-31(14-4-1)49-52-50(32-15-5-2-6-16-32)54-51(53-49)40-20-12-24-44-47(40)39-28-26-34(30-46(39)56-44)33-25-27-37-38-19-11-23-43(48(38)57-45(37)29-33)55-41-21-9-7-17-35(41)36-18-8-10-22-42(36)55/h1-22,24-30,43,49,51,53H,23H2,(H,52,54). The van der Waals surface area contributed by atoms with Crippen LogP contribution in [0.2, 0.25) is 0 Å². The summed E-state index contributed by atoms with van der Waals surface area (Å²) in [5, 5.41) is 14.2. The molecule has 0 saturated heterocycles. The quantitative estimate of drug-likeness (QED) is 0.183. The molecule has 12 rings (SSSR count). The molecule has 6 heteroatoms. The van der Waals surface area contributed by atoms with E-state index in [1.807, 2.05) is 22.7 Å². The molecule has 1 aliphatic carbocycles. The van der Waals surface area contributed by atoms with Gasteiger partial charge in [0, 0.05) is 62.5 Å². The Morgan fingerprint density at radius 3 is 1.98 bits per heavy atom. The molecule has 0 saturated carbocycles. The fourth-order valence-corrected chi connectivity index (χ4v) is 11.7. The normalized spacial score (nSPS) is 18.0. The number of rotatable bonds is 5. The molecular weight excluding hydrogens is 733 g/mol. The highest BCUT2D eigenvalue weighted by Crippen LogP contribution is 2.47. The van der Waals surface area contributed by atoms with Crippen LogP contribution in [0.1, 0.15) is 51.9 Å². The minimum absolute atomic E-state index is 0.128. The van der Waals surface area contributed by atoms with E-state index in [-0.39, 0.29) is 18.4 Å². The average Bonchev–Trinajstić information content (AvgIpc) is 3.96. The summed E-state index contributed by atoms with van der Waals surface area (Å²) in [7, 11) is 0. The first-order valence-electron chi connectivity index (χ1n) is 19.6. The van der Waals surface area contributed by atoms with Gasteiger partial charge in [-0.05, 0) is 64.6 Å². The van der Waals surface area contributed by atoms with E-state index in [1.165, 1.54) is 79.2 Å². The molecule has 0 radical (unpaired) electrons. The van der Waals surface area contributed by atoms with Gasteiger partial charge in [-0.15, -0.1) is 22.7 Å². The zero-order chi connectivity index (χ0) is 37.5. The molecule has 272 valence electrons. The second-order valence-electron chi connectivity index (χ2n) is 15.1. The number of nitrogens with one attached hydrogen (secondary N) is 2. The van der Waals surface area contributed by atoms with E-state index >= 15 is 0 Å². The van der Waals surface area contributed by atoms with Crippen molar-refractivity contribution in [1.29, 1.82) is 0 Å². The molecule has 1 aliphatic heterocycles. The van der Waals surface area contributed by atoms with Gasteiger partial charge in [0.1, 0.15) is 18.2 Å². The van der Waals surface area contributed by atoms with Crippen LogP contribution in [-0.4, -0.2) is 10.4 Å². The highest BCUT2D eigenvalue weighted by molar-refractivity contribution is 7.25. The Morgan fingerprint density at radius 2 is 1.23 bits per heavy atom. The molecule has 4 heterocycles. The van der Waals surface area contributed by atoms with Gasteiger partial charge in [0.2, 0.25) is 0 Å². The van der Waals surface area contributed by atoms with E-state index in [0.29, 0.717) is 0 Å². The lowest BCUT2D eigenvalue weighted by atomic mass is 9.96. The summed E-state index contributed by atoms with van der Waals surface area (Å²) < 4.78 is 6.50. The van der Waals surface area contributed by atoms with Gasteiger partial charge in [-0.3, -0.25) is 5.32 Å². The van der Waals surface area contributed by atoms with Gasteiger partial charge in [0.25, 0.3) is 0 Å². The molecule has 2 aliphatic rings. The van der Waals surface area contributed by atoms with Gasteiger partial charge in [-0.2, -0.15) is 0 Å². The van der Waals surface area contributed by atoms with E-state index < -0.39 is 0 Å². The van der Waals surface area contributed by atoms with Crippen LogP contribution in [0.5, 0.6) is 0 Å². The molecule has 0 spiro atoms. The summed E-state index contributed by atoms with van der Waals surface area (Å²) >= 11 is 3.84. The van der Waals surface area contributed by atoms with Crippen LogP contribution in [0.15, 0.2) is 175 Å². The number of aromatic nitrogens is 1. The number of amidine groups is 1. The third-order valence-corrected chi connectivity index (χ3v) is 14.2. The molecule has 3 atom stereocenters. The number of allylic oxidation sites excluding steroid dienone is 1. The molecular formula is C51H36N4S2. The molecule has 0 amide bonds. The Balaban J connectivity index is 0.924. The van der Waals surface area contributed by atoms with E-state index in [0.717, 1.165) is 23.4 Å². The van der Waals surface area contributed by atoms with E-state index in [1.54, 1.807) is 0 Å². The number of hydrogen-bond acceptors (Lipinski definition) is 5. The lowest BCUT2D eigenvalue weighted by Crippen LogP contribution is -2.45. The van der Waals surface area contributed by atoms with Gasteiger partial charge in [0.15, 0.2) is 0 Å². The highest BCUT2D eigenvalue weighted by atomic mass is 32.1. The van der Waals surface area contributed by atoms with Crippen molar-refractivity contribution in [2.24, 2.45) is 4.99 Å². The topological polar surface area (TPSA) is 41.4 Å². The molecule has 7 aromatic carbocycles. The molecule has 3 aromatic heterocycles. The molecule has 3 unspecified atom stereocenters. The first-order chi connectivity index (χ1) is 28.2. The number of para-hydroxylation sites is 2. The van der Waals surface area contributed by atoms with Gasteiger partial charge >= 0.3 is 0 Å². The predicted octanol–water partition coefficient (Wildman–Crippen LogP) is 13.4. The van der Waals surface area contributed by atoms with Crippen LogP contribution < -0.4 is 10.6 Å². The molecule has 4 nitrogen and oxygen atoms in total. The second-order valence-corrected chi connectivity index (χ2v) is 17.3. The number of benzene rings is 7. The van der Waals surface area contributed by atoms with Crippen molar-refractivity contribution in [3.8, 4) is 11.1 Å². The van der Waals surface area contributed by atoms with Crippen molar-refractivity contribution in [3.63, 3.8) is 0 Å². The number of thiophene rings is 2. The summed E-state index contributed by atoms with van der Waals surface area (Å²) in [6, 6.07) is 59.8. The van der Waals surface area contributed by atoms with Crippen molar-refractivity contribution >= 4 is 86.6 Å². The first-order valence-corrected chi connectivity index (χ1v) is 21.3. The van der Waals surface area contributed by atoms with Crippen molar-refractivity contribution < 1.29 is 0 Å². The fraction of sp³-hybridized carbons (Fsp3) is 0.0784. The van der Waals surface area contributed by atoms with Crippen LogP contribution in [0.4, 0.5) is 0 Å². The van der Waals surface area contributed by atoms with Gasteiger partial charge in [-0.1, -0.05) is 146 Å². The van der Waals surface area contributed by atoms with Gasteiger partial charge in [0.05, 0.1) is 6.04 Å². The van der Waals surface area contributed by atoms with E-state index in [9.17, 15) is 0 Å². The first kappa shape index (κ1) is 32.9. The molecule has 0 fully saturated rings. The molecule has 2 N–H and O–H groups in total. The Labute approximate surface area is 338 Å². The van der Waals surface area contributed by atoms with Crippen molar-refractivity contribution in [3.05, 3.63) is 197 Å². The number of aliphatic imine (C=N–C) groups is 1. The summed E-state index contributed by atoms with van der Waals surface area (Å²) in [4.78, 5) is 6.60. The molecule has 10 aromatic rings. The molecule has 57 heavy (non-hydrogen) atoms. The predicted molar refractivity (Wildman–Crippen MR) is 243 cm³/mol. The average molecular weight is 769 g/mol. The van der Waals surface area contributed by atoms with E-state index in [2.05, 4.69) is 191 Å². The van der Waals surface area contributed by atoms with Crippen LogP contribution in [0, 0.1) is 0 Å². The third-order valence-electron chi connectivity index (χ3n) is 11.8. The van der Waals surface area contributed by atoms with Gasteiger partial charge < -0.3 is 9.88 Å². The van der Waals surface area contributed by atoms with Crippen molar-refractivity contribution in [2.75, 3.05) is 0 Å². The minimum atomic E-state index is -0.176. The molecule has 0 bridgehead atoms. The fourth-order valence-electron chi connectivity index (χ4n) is 9.21. The maximum absolute atomic E-state index is 5.15. The Hall–Kier alpha value is -6.31. The van der Waals surface area contributed by atoms with Crippen LogP contribution in [0.25, 0.3) is 69.3 Å². The number of nitrogens with zero attached hydrogens (tertiary/aromatic N) is 2. The van der Waals surface area contributed by atoms with Gasteiger partial charge in [-0.25, -0.2) is 4.99 Å². The zero-order valence-corrected chi connectivity index (χ0v) is 32.5. The largest absolute Gasteiger partial charge is 0.350 e. The number of hydrogen-bond donors (Lipinski definition) is 2. The Morgan fingerprint density at radius 1 is 0.561 bits per heavy atom. The van der Waals surface area contributed by atoms with E-state index in [4.69, 9.17) is 4.99 Å². The Bertz CT molecular complexity index is 3190. The lowest BCUT2D eigenvalue weighted by Gasteiger charge is -2.32. The van der Waals surface area contributed by atoms with Crippen LogP contribution in [0.3, 0.4) is 0 Å². The zero-order valence-electron chi connectivity index (χ0n) is 30.9. The minimum Gasteiger partial charge on any atom is -0.350 e.